The number of anilines is 1. The number of benzene rings is 3. The molecule has 0 saturated heterocycles. The van der Waals surface area contributed by atoms with Gasteiger partial charge in [0.2, 0.25) is 21.8 Å². The van der Waals surface area contributed by atoms with Crippen LogP contribution in [0.5, 0.6) is 0 Å². The molecule has 1 aliphatic carbocycles. The number of hydrogen-bond acceptors (Lipinski definition) is 4. The summed E-state index contributed by atoms with van der Waals surface area (Å²) in [6.45, 7) is 1.45. The summed E-state index contributed by atoms with van der Waals surface area (Å²) in [7, 11) is -3.85. The molecule has 1 unspecified atom stereocenters. The molecule has 1 saturated carbocycles. The topological polar surface area (TPSA) is 86.8 Å². The first-order valence-corrected chi connectivity index (χ1v) is 17.3. The molecule has 0 aromatic heterocycles. The Morgan fingerprint density at radius 1 is 0.884 bits per heavy atom. The van der Waals surface area contributed by atoms with Crippen LogP contribution in [0.3, 0.4) is 0 Å². The van der Waals surface area contributed by atoms with E-state index in [1.165, 1.54) is 4.90 Å². The van der Waals surface area contributed by atoms with E-state index in [0.717, 1.165) is 60.2 Å². The molecule has 0 spiro atoms. The van der Waals surface area contributed by atoms with Crippen LogP contribution in [0.25, 0.3) is 0 Å². The fraction of sp³-hybridized carbons (Fsp3) is 0.394. The summed E-state index contributed by atoms with van der Waals surface area (Å²) in [5.74, 6) is -0.828. The third kappa shape index (κ3) is 8.97. The summed E-state index contributed by atoms with van der Waals surface area (Å²) >= 11 is 13.1. The van der Waals surface area contributed by atoms with E-state index in [0.29, 0.717) is 21.3 Å². The van der Waals surface area contributed by atoms with Crippen molar-refractivity contribution < 1.29 is 18.0 Å². The lowest BCUT2D eigenvalue weighted by molar-refractivity contribution is -0.140. The van der Waals surface area contributed by atoms with Gasteiger partial charge in [0, 0.05) is 34.6 Å². The van der Waals surface area contributed by atoms with E-state index in [1.54, 1.807) is 30.3 Å². The number of aryl methyl sites for hydroxylation is 1. The van der Waals surface area contributed by atoms with Gasteiger partial charge in [-0.1, -0.05) is 97.9 Å². The van der Waals surface area contributed by atoms with Gasteiger partial charge in [-0.2, -0.15) is 0 Å². The number of carbonyl (C=O) groups is 2. The van der Waals surface area contributed by atoms with Gasteiger partial charge in [0.25, 0.3) is 0 Å². The lowest BCUT2D eigenvalue weighted by Gasteiger charge is -2.35. The number of rotatable bonds is 12. The number of nitrogens with one attached hydrogen (secondary N) is 1. The van der Waals surface area contributed by atoms with Crippen LogP contribution in [-0.4, -0.2) is 50.0 Å². The molecule has 3 aromatic carbocycles. The van der Waals surface area contributed by atoms with Crippen molar-refractivity contribution >= 4 is 50.7 Å². The highest BCUT2D eigenvalue weighted by Crippen LogP contribution is 2.28. The van der Waals surface area contributed by atoms with E-state index in [4.69, 9.17) is 23.2 Å². The van der Waals surface area contributed by atoms with Crippen molar-refractivity contribution in [2.24, 2.45) is 0 Å². The summed E-state index contributed by atoms with van der Waals surface area (Å²) < 4.78 is 27.1. The maximum Gasteiger partial charge on any atom is 0.244 e. The van der Waals surface area contributed by atoms with E-state index in [2.05, 4.69) is 5.32 Å². The molecule has 1 N–H and O–H groups in total. The molecule has 0 bridgehead atoms. The first-order valence-electron chi connectivity index (χ1n) is 14.7. The number of halogens is 2. The van der Waals surface area contributed by atoms with Crippen molar-refractivity contribution in [2.75, 3.05) is 17.1 Å². The zero-order valence-electron chi connectivity index (χ0n) is 24.6. The smallest absolute Gasteiger partial charge is 0.244 e. The van der Waals surface area contributed by atoms with Gasteiger partial charge in [0.1, 0.15) is 12.6 Å². The monoisotopic (exact) mass is 643 g/mol. The number of hydrogen-bond donors (Lipinski definition) is 1. The predicted octanol–water partition coefficient (Wildman–Crippen LogP) is 6.41. The second-order valence-corrected chi connectivity index (χ2v) is 13.8. The second kappa shape index (κ2) is 15.1. The molecule has 7 nitrogen and oxygen atoms in total. The highest BCUT2D eigenvalue weighted by Gasteiger charge is 2.34. The third-order valence-corrected chi connectivity index (χ3v) is 9.77. The average Bonchev–Trinajstić information content (AvgIpc) is 2.99. The summed E-state index contributed by atoms with van der Waals surface area (Å²) in [5.41, 5.74) is 2.77. The first kappa shape index (κ1) is 32.8. The average molecular weight is 645 g/mol. The molecule has 230 valence electrons. The van der Waals surface area contributed by atoms with E-state index >= 15 is 0 Å². The maximum atomic E-state index is 14.3. The van der Waals surface area contributed by atoms with Gasteiger partial charge in [-0.3, -0.25) is 13.9 Å². The first-order chi connectivity index (χ1) is 20.6. The number of nitrogens with zero attached hydrogens (tertiary/aromatic N) is 2. The molecule has 1 atom stereocenters. The molecule has 1 aliphatic rings. The Labute approximate surface area is 265 Å². The van der Waals surface area contributed by atoms with E-state index < -0.39 is 28.5 Å². The number of amides is 2. The molecule has 3 aromatic rings. The zero-order valence-corrected chi connectivity index (χ0v) is 27.0. The van der Waals surface area contributed by atoms with Crippen molar-refractivity contribution in [3.63, 3.8) is 0 Å². The summed E-state index contributed by atoms with van der Waals surface area (Å²) in [4.78, 5) is 29.8. The van der Waals surface area contributed by atoms with Crippen molar-refractivity contribution in [2.45, 2.75) is 70.5 Å². The van der Waals surface area contributed by atoms with Gasteiger partial charge in [-0.15, -0.1) is 0 Å². The fourth-order valence-corrected chi connectivity index (χ4v) is 6.83. The normalized spacial score (nSPS) is 14.6. The van der Waals surface area contributed by atoms with Crippen molar-refractivity contribution in [1.29, 1.82) is 0 Å². The maximum absolute atomic E-state index is 14.3. The van der Waals surface area contributed by atoms with Gasteiger partial charge in [-0.05, 0) is 54.7 Å². The summed E-state index contributed by atoms with van der Waals surface area (Å²) in [6, 6.07) is 20.7. The van der Waals surface area contributed by atoms with Gasteiger partial charge in [-0.25, -0.2) is 8.42 Å². The van der Waals surface area contributed by atoms with E-state index in [1.807, 2.05) is 49.4 Å². The van der Waals surface area contributed by atoms with Crippen LogP contribution in [0, 0.1) is 0 Å². The zero-order chi connectivity index (χ0) is 31.0. The van der Waals surface area contributed by atoms with Crippen LogP contribution in [0.15, 0.2) is 72.8 Å². The Balaban J connectivity index is 1.75. The fourth-order valence-electron chi connectivity index (χ4n) is 5.46. The molecule has 0 aliphatic heterocycles. The standard InChI is InChI=1S/C33H39Cl2N3O4S/c1-3-24-17-19-27(20-18-24)38(43(2,41)42)23-32(39)37(22-28-29(34)15-10-16-30(28)35)31(21-25-11-6-4-7-12-25)33(40)36-26-13-8-5-9-14-26/h4,6-7,10-12,15-20,26,31H,3,5,8-9,13-14,21-23H2,1-2H3,(H,36,40). The predicted molar refractivity (Wildman–Crippen MR) is 174 cm³/mol. The summed E-state index contributed by atoms with van der Waals surface area (Å²) in [5, 5.41) is 3.89. The minimum absolute atomic E-state index is 0.0185. The van der Waals surface area contributed by atoms with E-state index in [9.17, 15) is 18.0 Å². The molecule has 2 amide bonds. The highest BCUT2D eigenvalue weighted by molar-refractivity contribution is 7.92. The van der Waals surface area contributed by atoms with Gasteiger partial charge < -0.3 is 10.2 Å². The van der Waals surface area contributed by atoms with Gasteiger partial charge in [0.05, 0.1) is 11.9 Å². The van der Waals surface area contributed by atoms with Crippen LogP contribution in [-0.2, 0) is 39.0 Å². The molecule has 0 radical (unpaired) electrons. The number of carbonyl (C=O) groups excluding carboxylic acids is 2. The molecular weight excluding hydrogens is 605 g/mol. The third-order valence-electron chi connectivity index (χ3n) is 7.92. The van der Waals surface area contributed by atoms with Crippen LogP contribution in [0.1, 0.15) is 55.7 Å². The lowest BCUT2D eigenvalue weighted by Crippen LogP contribution is -2.55. The molecule has 0 heterocycles. The molecule has 4 rings (SSSR count). The molecule has 10 heteroatoms. The van der Waals surface area contributed by atoms with E-state index in [-0.39, 0.29) is 24.9 Å². The van der Waals surface area contributed by atoms with Gasteiger partial charge >= 0.3 is 0 Å². The Morgan fingerprint density at radius 2 is 1.51 bits per heavy atom. The Kier molecular flexibility index (Phi) is 11.5. The van der Waals surface area contributed by atoms with Crippen molar-refractivity contribution in [3.8, 4) is 0 Å². The van der Waals surface area contributed by atoms with Crippen molar-refractivity contribution in [3.05, 3.63) is 99.5 Å². The molecular formula is C33H39Cl2N3O4S. The minimum atomic E-state index is -3.85. The number of sulfonamides is 1. The SMILES string of the molecule is CCc1ccc(N(CC(=O)N(Cc2c(Cl)cccc2Cl)C(Cc2ccccc2)C(=O)NC2CCCCC2)S(C)(=O)=O)cc1. The van der Waals surface area contributed by atoms with Gasteiger partial charge in [0.15, 0.2) is 0 Å². The molecule has 43 heavy (non-hydrogen) atoms. The Hall–Kier alpha value is -3.07. The lowest BCUT2D eigenvalue weighted by atomic mass is 9.94. The highest BCUT2D eigenvalue weighted by atomic mass is 35.5. The molecule has 1 fully saturated rings. The van der Waals surface area contributed by atoms with Crippen LogP contribution in [0.2, 0.25) is 10.0 Å². The Morgan fingerprint density at radius 3 is 2.09 bits per heavy atom. The second-order valence-electron chi connectivity index (χ2n) is 11.1. The van der Waals surface area contributed by atoms with Crippen LogP contribution >= 0.6 is 23.2 Å². The van der Waals surface area contributed by atoms with Crippen LogP contribution < -0.4 is 9.62 Å². The minimum Gasteiger partial charge on any atom is -0.352 e. The van der Waals surface area contributed by atoms with Crippen LogP contribution in [0.4, 0.5) is 5.69 Å². The summed E-state index contributed by atoms with van der Waals surface area (Å²) in [6.07, 6.45) is 7.06. The Bertz CT molecular complexity index is 1470. The van der Waals surface area contributed by atoms with Crippen molar-refractivity contribution in [1.82, 2.24) is 10.2 Å². The quantitative estimate of drug-likeness (QED) is 0.247. The largest absolute Gasteiger partial charge is 0.352 e.